The van der Waals surface area contributed by atoms with Crippen molar-refractivity contribution in [2.75, 3.05) is 52.4 Å². The standard InChI is InChI=1S/C21H36N6OS.HI/c1-3-18-16-25-19(29-18)8-9-23-21(22-4-2)24-10-11-26-12-14-27(15-13-26)20(28)17-6-5-7-17;/h16-17H,3-15H2,1-2H3,(H2,22,23,24);1H. The normalized spacial score (nSPS) is 17.9. The van der Waals surface area contributed by atoms with Crippen LogP contribution in [0.5, 0.6) is 0 Å². The average Bonchev–Trinajstić information content (AvgIpc) is 3.15. The van der Waals surface area contributed by atoms with Crippen LogP contribution >= 0.6 is 35.3 Å². The van der Waals surface area contributed by atoms with Crippen LogP contribution in [0.15, 0.2) is 11.2 Å². The molecule has 0 spiro atoms. The average molecular weight is 549 g/mol. The second-order valence-corrected chi connectivity index (χ2v) is 9.01. The van der Waals surface area contributed by atoms with Crippen LogP contribution in [0, 0.1) is 5.92 Å². The Morgan fingerprint density at radius 3 is 2.60 bits per heavy atom. The topological polar surface area (TPSA) is 72.9 Å². The summed E-state index contributed by atoms with van der Waals surface area (Å²) in [5, 5.41) is 7.92. The van der Waals surface area contributed by atoms with Gasteiger partial charge in [0.15, 0.2) is 5.96 Å². The molecule has 9 heteroatoms. The summed E-state index contributed by atoms with van der Waals surface area (Å²) in [7, 11) is 0. The first-order valence-corrected chi connectivity index (χ1v) is 12.0. The van der Waals surface area contributed by atoms with Crippen molar-refractivity contribution in [2.45, 2.75) is 46.0 Å². The van der Waals surface area contributed by atoms with E-state index in [2.05, 4.69) is 39.3 Å². The highest BCUT2D eigenvalue weighted by atomic mass is 127. The van der Waals surface area contributed by atoms with Crippen molar-refractivity contribution in [3.05, 3.63) is 16.1 Å². The maximum Gasteiger partial charge on any atom is 0.225 e. The summed E-state index contributed by atoms with van der Waals surface area (Å²) in [5.41, 5.74) is 0. The Labute approximate surface area is 202 Å². The Morgan fingerprint density at radius 2 is 2.00 bits per heavy atom. The van der Waals surface area contributed by atoms with E-state index in [1.54, 1.807) is 11.3 Å². The van der Waals surface area contributed by atoms with E-state index in [0.717, 1.165) is 84.0 Å². The van der Waals surface area contributed by atoms with Gasteiger partial charge in [-0.3, -0.25) is 14.7 Å². The highest BCUT2D eigenvalue weighted by molar-refractivity contribution is 14.0. The first-order valence-electron chi connectivity index (χ1n) is 11.2. The number of piperazine rings is 1. The SMILES string of the molecule is CCNC(=NCCN1CCN(C(=O)C2CCC2)CC1)NCCc1ncc(CC)s1.I. The molecule has 0 unspecified atom stereocenters. The van der Waals surface area contributed by atoms with Crippen LogP contribution in [0.2, 0.25) is 0 Å². The molecule has 0 aromatic carbocycles. The van der Waals surface area contributed by atoms with E-state index in [4.69, 9.17) is 4.99 Å². The van der Waals surface area contributed by atoms with Crippen molar-refractivity contribution in [3.8, 4) is 0 Å². The summed E-state index contributed by atoms with van der Waals surface area (Å²) < 4.78 is 0. The number of aryl methyl sites for hydroxylation is 1. The first-order chi connectivity index (χ1) is 14.2. The highest BCUT2D eigenvalue weighted by Gasteiger charge is 2.30. The molecule has 2 fully saturated rings. The van der Waals surface area contributed by atoms with E-state index in [0.29, 0.717) is 11.8 Å². The van der Waals surface area contributed by atoms with Gasteiger partial charge in [0.05, 0.1) is 11.6 Å². The Morgan fingerprint density at radius 1 is 1.23 bits per heavy atom. The molecule has 1 aliphatic carbocycles. The summed E-state index contributed by atoms with van der Waals surface area (Å²) >= 11 is 1.80. The lowest BCUT2D eigenvalue weighted by Crippen LogP contribution is -2.51. The van der Waals surface area contributed by atoms with Gasteiger partial charge in [0.1, 0.15) is 0 Å². The molecule has 1 aromatic heterocycles. The van der Waals surface area contributed by atoms with E-state index in [-0.39, 0.29) is 24.0 Å². The molecule has 2 heterocycles. The Bertz CT molecular complexity index is 670. The number of nitrogens with one attached hydrogen (secondary N) is 2. The van der Waals surface area contributed by atoms with E-state index in [9.17, 15) is 4.79 Å². The number of aromatic nitrogens is 1. The minimum Gasteiger partial charge on any atom is -0.357 e. The van der Waals surface area contributed by atoms with Crippen molar-refractivity contribution in [3.63, 3.8) is 0 Å². The summed E-state index contributed by atoms with van der Waals surface area (Å²) in [5.74, 6) is 1.58. The number of halogens is 1. The Hall–Kier alpha value is -0.940. The van der Waals surface area contributed by atoms with Crippen molar-refractivity contribution < 1.29 is 4.79 Å². The predicted octanol–water partition coefficient (Wildman–Crippen LogP) is 2.37. The van der Waals surface area contributed by atoms with E-state index in [1.807, 2.05) is 6.20 Å². The minimum absolute atomic E-state index is 0. The third-order valence-corrected chi connectivity index (χ3v) is 6.95. The molecule has 1 aromatic rings. The van der Waals surface area contributed by atoms with Gasteiger partial charge in [-0.05, 0) is 26.2 Å². The van der Waals surface area contributed by atoms with Crippen molar-refractivity contribution >= 4 is 47.2 Å². The quantitative estimate of drug-likeness (QED) is 0.282. The molecule has 1 amide bonds. The molecule has 2 N–H and O–H groups in total. The number of nitrogens with zero attached hydrogens (tertiary/aromatic N) is 4. The van der Waals surface area contributed by atoms with E-state index in [1.165, 1.54) is 16.3 Å². The van der Waals surface area contributed by atoms with E-state index < -0.39 is 0 Å². The highest BCUT2D eigenvalue weighted by Crippen LogP contribution is 2.28. The Kier molecular flexibility index (Phi) is 11.4. The van der Waals surface area contributed by atoms with Gasteiger partial charge in [0.25, 0.3) is 0 Å². The fraction of sp³-hybridized carbons (Fsp3) is 0.762. The lowest BCUT2D eigenvalue weighted by Gasteiger charge is -2.38. The van der Waals surface area contributed by atoms with Gasteiger partial charge in [-0.25, -0.2) is 4.98 Å². The maximum atomic E-state index is 12.3. The lowest BCUT2D eigenvalue weighted by molar-refractivity contribution is -0.139. The molecule has 0 radical (unpaired) electrons. The first kappa shape index (κ1) is 25.3. The van der Waals surface area contributed by atoms with Crippen molar-refractivity contribution in [2.24, 2.45) is 10.9 Å². The predicted molar refractivity (Wildman–Crippen MR) is 135 cm³/mol. The fourth-order valence-electron chi connectivity index (χ4n) is 3.67. The number of aliphatic imine (C=N–C) groups is 1. The van der Waals surface area contributed by atoms with Gasteiger partial charge in [-0.15, -0.1) is 35.3 Å². The second kappa shape index (κ2) is 13.5. The summed E-state index contributed by atoms with van der Waals surface area (Å²) in [6, 6.07) is 0. The number of thiazole rings is 1. The minimum atomic E-state index is 0. The zero-order valence-corrected chi connectivity index (χ0v) is 21.5. The number of carbonyl (C=O) groups is 1. The smallest absolute Gasteiger partial charge is 0.225 e. The molecule has 1 aliphatic heterocycles. The van der Waals surface area contributed by atoms with Gasteiger partial charge in [0, 0.05) is 69.2 Å². The molecule has 170 valence electrons. The molecule has 7 nitrogen and oxygen atoms in total. The van der Waals surface area contributed by atoms with Gasteiger partial charge in [-0.2, -0.15) is 0 Å². The summed E-state index contributed by atoms with van der Waals surface area (Å²) in [6.07, 6.45) is 7.37. The second-order valence-electron chi connectivity index (χ2n) is 7.81. The molecule has 3 rings (SSSR count). The molecular formula is C21H37IN6OS. The fourth-order valence-corrected chi connectivity index (χ4v) is 4.53. The van der Waals surface area contributed by atoms with E-state index >= 15 is 0 Å². The molecule has 1 saturated heterocycles. The largest absolute Gasteiger partial charge is 0.357 e. The molecular weight excluding hydrogens is 511 g/mol. The zero-order valence-electron chi connectivity index (χ0n) is 18.4. The van der Waals surface area contributed by atoms with Crippen LogP contribution in [0.1, 0.15) is 43.0 Å². The number of guanidine groups is 1. The summed E-state index contributed by atoms with van der Waals surface area (Å²) in [4.78, 5) is 27.4. The number of hydrogen-bond donors (Lipinski definition) is 2. The van der Waals surface area contributed by atoms with Crippen LogP contribution in [-0.4, -0.2) is 79.0 Å². The van der Waals surface area contributed by atoms with Gasteiger partial charge >= 0.3 is 0 Å². The van der Waals surface area contributed by atoms with Crippen LogP contribution in [0.4, 0.5) is 0 Å². The number of rotatable bonds is 9. The number of hydrogen-bond acceptors (Lipinski definition) is 5. The Balaban J connectivity index is 0.00000320. The molecule has 0 bridgehead atoms. The monoisotopic (exact) mass is 548 g/mol. The van der Waals surface area contributed by atoms with Gasteiger partial charge in [-0.1, -0.05) is 13.3 Å². The lowest BCUT2D eigenvalue weighted by atomic mass is 9.84. The summed E-state index contributed by atoms with van der Waals surface area (Å²) in [6.45, 7) is 11.3. The maximum absolute atomic E-state index is 12.3. The number of carbonyl (C=O) groups excluding carboxylic acids is 1. The van der Waals surface area contributed by atoms with Crippen LogP contribution in [0.3, 0.4) is 0 Å². The molecule has 1 saturated carbocycles. The van der Waals surface area contributed by atoms with Crippen molar-refractivity contribution in [1.82, 2.24) is 25.4 Å². The van der Waals surface area contributed by atoms with Gasteiger partial charge < -0.3 is 15.5 Å². The molecule has 2 aliphatic rings. The molecule has 0 atom stereocenters. The van der Waals surface area contributed by atoms with Gasteiger partial charge in [0.2, 0.25) is 5.91 Å². The molecule has 30 heavy (non-hydrogen) atoms. The van der Waals surface area contributed by atoms with Crippen LogP contribution in [-0.2, 0) is 17.6 Å². The third kappa shape index (κ3) is 7.64. The van der Waals surface area contributed by atoms with Crippen molar-refractivity contribution in [1.29, 1.82) is 0 Å². The number of amides is 1. The zero-order chi connectivity index (χ0) is 20.5. The van der Waals surface area contributed by atoms with Crippen LogP contribution in [0.25, 0.3) is 0 Å². The van der Waals surface area contributed by atoms with Crippen LogP contribution < -0.4 is 10.6 Å². The third-order valence-electron chi connectivity index (χ3n) is 5.75.